The molecule has 11 nitrogen and oxygen atoms in total. The largest absolute Gasteiger partial charge is 0.443 e. The van der Waals surface area contributed by atoms with Gasteiger partial charge < -0.3 is 40.6 Å². The van der Waals surface area contributed by atoms with Gasteiger partial charge in [0.2, 0.25) is 11.8 Å². The van der Waals surface area contributed by atoms with Crippen molar-refractivity contribution in [3.05, 3.63) is 11.6 Å². The highest BCUT2D eigenvalue weighted by Gasteiger charge is 2.61. The zero-order valence-corrected chi connectivity index (χ0v) is 23.5. The maximum absolute atomic E-state index is 12.5. The van der Waals surface area contributed by atoms with Crippen molar-refractivity contribution in [3.8, 4) is 0 Å². The molecule has 5 unspecified atom stereocenters. The summed E-state index contributed by atoms with van der Waals surface area (Å²) in [5.74, 6) is -0.323. The zero-order chi connectivity index (χ0) is 28.0. The summed E-state index contributed by atoms with van der Waals surface area (Å²) < 4.78 is 23.5. The van der Waals surface area contributed by atoms with Crippen LogP contribution in [0.25, 0.3) is 0 Å². The molecule has 1 aliphatic carbocycles. The Labute approximate surface area is 226 Å². The van der Waals surface area contributed by atoms with Gasteiger partial charge in [0.25, 0.3) is 0 Å². The second-order valence-corrected chi connectivity index (χ2v) is 10.4. The van der Waals surface area contributed by atoms with Crippen LogP contribution in [0.5, 0.6) is 0 Å². The van der Waals surface area contributed by atoms with E-state index in [1.54, 1.807) is 7.11 Å². The molecule has 0 aromatic carbocycles. The smallest absolute Gasteiger partial charge is 0.407 e. The van der Waals surface area contributed by atoms with Gasteiger partial charge in [-0.1, -0.05) is 24.5 Å². The van der Waals surface area contributed by atoms with Gasteiger partial charge >= 0.3 is 6.09 Å². The van der Waals surface area contributed by atoms with E-state index in [1.807, 2.05) is 26.8 Å². The van der Waals surface area contributed by atoms with E-state index >= 15 is 0 Å². The lowest BCUT2D eigenvalue weighted by Crippen LogP contribution is -2.54. The highest BCUT2D eigenvalue weighted by atomic mass is 16.6. The molecular formula is C27H48N4O7. The Kier molecular flexibility index (Phi) is 14.1. The minimum Gasteiger partial charge on any atom is -0.443 e. The molecule has 218 valence electrons. The van der Waals surface area contributed by atoms with Crippen molar-refractivity contribution in [1.82, 2.24) is 16.0 Å². The Morgan fingerprint density at radius 3 is 2.29 bits per heavy atom. The topological polar surface area (TPSA) is 154 Å². The Balaban J connectivity index is 1.65. The van der Waals surface area contributed by atoms with E-state index in [9.17, 15) is 14.4 Å². The summed E-state index contributed by atoms with van der Waals surface area (Å²) in [5.41, 5.74) is 6.15. The molecule has 2 rings (SSSR count). The van der Waals surface area contributed by atoms with Crippen molar-refractivity contribution < 1.29 is 33.3 Å². The predicted molar refractivity (Wildman–Crippen MR) is 143 cm³/mol. The first-order valence-corrected chi connectivity index (χ1v) is 13.8. The molecule has 5 N–H and O–H groups in total. The number of nitrogens with one attached hydrogen (secondary N) is 3. The van der Waals surface area contributed by atoms with Crippen LogP contribution in [0.2, 0.25) is 0 Å². The van der Waals surface area contributed by atoms with Crippen molar-refractivity contribution in [1.29, 1.82) is 0 Å². The fourth-order valence-electron chi connectivity index (χ4n) is 4.94. The molecule has 1 aliphatic heterocycles. The van der Waals surface area contributed by atoms with E-state index in [0.717, 1.165) is 32.1 Å². The van der Waals surface area contributed by atoms with Gasteiger partial charge in [0, 0.05) is 39.1 Å². The molecule has 11 heteroatoms. The molecule has 0 radical (unpaired) electrons. The van der Waals surface area contributed by atoms with Crippen molar-refractivity contribution in [3.63, 3.8) is 0 Å². The van der Waals surface area contributed by atoms with Gasteiger partial charge in [0.05, 0.1) is 31.5 Å². The highest BCUT2D eigenvalue weighted by molar-refractivity contribution is 5.77. The van der Waals surface area contributed by atoms with E-state index in [-0.39, 0.29) is 55.1 Å². The van der Waals surface area contributed by atoms with Crippen LogP contribution in [-0.4, -0.2) is 88.3 Å². The summed E-state index contributed by atoms with van der Waals surface area (Å²) in [5, 5.41) is 8.27. The molecule has 1 heterocycles. The van der Waals surface area contributed by atoms with Crippen LogP contribution < -0.4 is 21.7 Å². The van der Waals surface area contributed by atoms with E-state index in [4.69, 9.17) is 24.7 Å². The Morgan fingerprint density at radius 2 is 1.71 bits per heavy atom. The molecule has 0 aromatic heterocycles. The van der Waals surface area contributed by atoms with Crippen LogP contribution >= 0.6 is 0 Å². The molecule has 5 atom stereocenters. The fraction of sp³-hybridized carbons (Fsp3) is 0.815. The van der Waals surface area contributed by atoms with Crippen LogP contribution in [-0.2, 0) is 28.5 Å². The summed E-state index contributed by atoms with van der Waals surface area (Å²) in [6.45, 7) is 8.64. The Morgan fingerprint density at radius 1 is 1.05 bits per heavy atom. The van der Waals surface area contributed by atoms with Crippen LogP contribution in [0.3, 0.4) is 0 Å². The maximum Gasteiger partial charge on any atom is 0.407 e. The van der Waals surface area contributed by atoms with Gasteiger partial charge in [0.15, 0.2) is 0 Å². The minimum absolute atomic E-state index is 0.00917. The second kappa shape index (κ2) is 16.7. The number of carbonyl (C=O) groups is 3. The van der Waals surface area contributed by atoms with Crippen molar-refractivity contribution in [2.45, 2.75) is 89.6 Å². The average Bonchev–Trinajstić information content (AvgIpc) is 3.65. The first-order chi connectivity index (χ1) is 18.2. The van der Waals surface area contributed by atoms with Gasteiger partial charge in [-0.15, -0.1) is 0 Å². The standard InChI is InChI=1S/C27H48N4O7/c1-19(2)11-16-36-20(3)24-25(35-4)21(9-12-27(24)18-37-27)38-26(34)31-15-10-22(32)29-13-7-5-6-8-14-30-23(33)17-28/h11,20-21,24-25H,5-10,12-18,28H2,1-4H3,(H,29,32)(H,30,33)(H,31,34). The van der Waals surface area contributed by atoms with Gasteiger partial charge in [-0.3, -0.25) is 9.59 Å². The lowest BCUT2D eigenvalue weighted by molar-refractivity contribution is -0.137. The summed E-state index contributed by atoms with van der Waals surface area (Å²) in [6.07, 6.45) is 5.82. The number of methoxy groups -OCH3 is 1. The Hall–Kier alpha value is -2.21. The third-order valence-electron chi connectivity index (χ3n) is 7.14. The van der Waals surface area contributed by atoms with E-state index < -0.39 is 12.2 Å². The number of ether oxygens (including phenoxy) is 4. The lowest BCUT2D eigenvalue weighted by Gasteiger charge is -2.42. The van der Waals surface area contributed by atoms with Gasteiger partial charge in [-0.2, -0.15) is 0 Å². The number of amides is 3. The molecule has 38 heavy (non-hydrogen) atoms. The fourth-order valence-corrected chi connectivity index (χ4v) is 4.94. The van der Waals surface area contributed by atoms with Gasteiger partial charge in [-0.05, 0) is 46.5 Å². The molecule has 2 fully saturated rings. The minimum atomic E-state index is -0.559. The molecule has 3 amide bonds. The number of hydrogen-bond acceptors (Lipinski definition) is 8. The molecule has 1 saturated heterocycles. The van der Waals surface area contributed by atoms with Gasteiger partial charge in [-0.25, -0.2) is 4.79 Å². The van der Waals surface area contributed by atoms with E-state index in [1.165, 1.54) is 5.57 Å². The highest BCUT2D eigenvalue weighted by Crippen LogP contribution is 2.49. The average molecular weight is 541 g/mol. The molecule has 0 bridgehead atoms. The first-order valence-electron chi connectivity index (χ1n) is 13.8. The van der Waals surface area contributed by atoms with Crippen LogP contribution in [0.4, 0.5) is 4.79 Å². The van der Waals surface area contributed by atoms with Crippen molar-refractivity contribution in [2.75, 3.05) is 46.5 Å². The van der Waals surface area contributed by atoms with Crippen molar-refractivity contribution in [2.24, 2.45) is 11.7 Å². The van der Waals surface area contributed by atoms with Gasteiger partial charge in [0.1, 0.15) is 12.2 Å². The third kappa shape index (κ3) is 10.9. The molecule has 1 spiro atoms. The molecule has 2 aliphatic rings. The van der Waals surface area contributed by atoms with E-state index in [2.05, 4.69) is 16.0 Å². The summed E-state index contributed by atoms with van der Waals surface area (Å²) in [4.78, 5) is 35.6. The van der Waals surface area contributed by atoms with Crippen molar-refractivity contribution >= 4 is 17.9 Å². The Bertz CT molecular complexity index is 783. The number of rotatable bonds is 17. The number of unbranched alkanes of at least 4 members (excludes halogenated alkanes) is 3. The SMILES string of the molecule is COC1C(OC(=O)NCCC(=O)NCCCCCCNC(=O)CN)CCC2(CO2)C1C(C)OCC=C(C)C. The van der Waals surface area contributed by atoms with Crippen LogP contribution in [0.15, 0.2) is 11.6 Å². The lowest BCUT2D eigenvalue weighted by atomic mass is 9.73. The second-order valence-electron chi connectivity index (χ2n) is 10.4. The maximum atomic E-state index is 12.5. The monoisotopic (exact) mass is 540 g/mol. The summed E-state index contributed by atoms with van der Waals surface area (Å²) in [6, 6.07) is 0. The normalized spacial score (nSPS) is 24.8. The quantitative estimate of drug-likeness (QED) is 0.124. The molecular weight excluding hydrogens is 492 g/mol. The van der Waals surface area contributed by atoms with Crippen LogP contribution in [0.1, 0.15) is 65.7 Å². The number of epoxide rings is 1. The predicted octanol–water partition coefficient (Wildman–Crippen LogP) is 1.79. The third-order valence-corrected chi connectivity index (χ3v) is 7.14. The first kappa shape index (κ1) is 32.0. The number of alkyl carbamates (subject to hydrolysis) is 1. The summed E-state index contributed by atoms with van der Waals surface area (Å²) >= 11 is 0. The number of nitrogens with two attached hydrogens (primary N) is 1. The zero-order valence-electron chi connectivity index (χ0n) is 23.5. The summed E-state index contributed by atoms with van der Waals surface area (Å²) in [7, 11) is 1.63. The number of carbonyl (C=O) groups excluding carboxylic acids is 3. The molecule has 0 aromatic rings. The molecule has 1 saturated carbocycles. The number of allylic oxidation sites excluding steroid dienone is 1. The van der Waals surface area contributed by atoms with E-state index in [0.29, 0.717) is 32.7 Å². The van der Waals surface area contributed by atoms with Crippen LogP contribution in [0, 0.1) is 5.92 Å². The number of hydrogen-bond donors (Lipinski definition) is 4.